The van der Waals surface area contributed by atoms with Crippen molar-refractivity contribution in [2.24, 2.45) is 0 Å². The van der Waals surface area contributed by atoms with E-state index in [0.717, 1.165) is 93.0 Å². The van der Waals surface area contributed by atoms with Gasteiger partial charge in [-0.05, 0) is 109 Å². The molecule has 9 heteroatoms. The SMILES string of the molecule is Fc1cc(F)cc(-c2c3nc(nc4[nH]c(nc5nc(nc6[nH]c2c2cc7ccccc7cc62)-c2cc6ccccc6cc2-5)c2cc5ccccc5cc42)-c2cc4ccccc4cc2-3)c1. The minimum Gasteiger partial charge on any atom is -0.339 e. The van der Waals surface area contributed by atoms with Crippen molar-refractivity contribution < 1.29 is 8.78 Å². The summed E-state index contributed by atoms with van der Waals surface area (Å²) in [6, 6.07) is 53.2. The molecule has 2 aliphatic heterocycles. The second-order valence-electron chi connectivity index (χ2n) is 16.6. The summed E-state index contributed by atoms with van der Waals surface area (Å²) >= 11 is 0. The van der Waals surface area contributed by atoms with Gasteiger partial charge in [-0.15, -0.1) is 0 Å². The van der Waals surface area contributed by atoms with Crippen LogP contribution in [0.3, 0.4) is 0 Å². The van der Waals surface area contributed by atoms with Gasteiger partial charge in [-0.2, -0.15) is 0 Å². The third-order valence-corrected chi connectivity index (χ3v) is 12.8. The molecule has 0 fully saturated rings. The van der Waals surface area contributed by atoms with Crippen LogP contribution in [0.25, 0.3) is 144 Å². The van der Waals surface area contributed by atoms with Gasteiger partial charge >= 0.3 is 0 Å². The predicted octanol–water partition coefficient (Wildman–Crippen LogP) is 14.0. The first-order chi connectivity index (χ1) is 31.5. The van der Waals surface area contributed by atoms with Crippen LogP contribution in [0, 0.1) is 11.6 Å². The first-order valence-corrected chi connectivity index (χ1v) is 21.0. The van der Waals surface area contributed by atoms with Crippen LogP contribution in [0.1, 0.15) is 0 Å². The molecule has 0 amide bonds. The predicted molar refractivity (Wildman–Crippen MR) is 254 cm³/mol. The molecular weight excluding hydrogens is 797 g/mol. The monoisotopic (exact) mass is 825 g/mol. The summed E-state index contributed by atoms with van der Waals surface area (Å²) in [5.74, 6) is 0.00653. The number of aromatic nitrogens is 7. The summed E-state index contributed by atoms with van der Waals surface area (Å²) in [7, 11) is 0. The minimum atomic E-state index is -0.708. The van der Waals surface area contributed by atoms with Crippen LogP contribution in [0.5, 0.6) is 0 Å². The molecule has 0 saturated heterocycles. The number of hydrogen-bond acceptors (Lipinski definition) is 5. The molecule has 5 heterocycles. The van der Waals surface area contributed by atoms with Crippen LogP contribution in [0.15, 0.2) is 164 Å². The number of rotatable bonds is 1. The molecule has 8 bridgehead atoms. The first-order valence-electron chi connectivity index (χ1n) is 21.0. The second kappa shape index (κ2) is 12.9. The minimum absolute atomic E-state index is 0.309. The Morgan fingerprint density at radius 1 is 0.328 bits per heavy atom. The Morgan fingerprint density at radius 3 is 1.16 bits per heavy atom. The highest BCUT2D eigenvalue weighted by molar-refractivity contribution is 6.18. The Labute approximate surface area is 361 Å². The van der Waals surface area contributed by atoms with E-state index < -0.39 is 11.6 Å². The maximum absolute atomic E-state index is 15.6. The number of H-pyrrole nitrogens is 2. The van der Waals surface area contributed by atoms with Gasteiger partial charge in [-0.3, -0.25) is 0 Å². The molecular formula is C55H29F2N7. The van der Waals surface area contributed by atoms with Crippen molar-refractivity contribution in [2.45, 2.75) is 0 Å². The molecule has 2 aliphatic rings. The molecule has 14 rings (SSSR count). The van der Waals surface area contributed by atoms with Crippen LogP contribution in [-0.4, -0.2) is 34.9 Å². The van der Waals surface area contributed by atoms with E-state index in [1.165, 1.54) is 12.1 Å². The third kappa shape index (κ3) is 5.21. The van der Waals surface area contributed by atoms with Crippen molar-refractivity contribution >= 4 is 87.1 Å². The third-order valence-electron chi connectivity index (χ3n) is 12.8. The van der Waals surface area contributed by atoms with Gasteiger partial charge in [0.1, 0.15) is 28.6 Å². The number of halogens is 2. The molecule has 0 spiro atoms. The molecule has 2 N–H and O–H groups in total. The Hall–Kier alpha value is -8.69. The first kappa shape index (κ1) is 35.0. The summed E-state index contributed by atoms with van der Waals surface area (Å²) in [6.45, 7) is 0. The molecule has 0 radical (unpaired) electrons. The van der Waals surface area contributed by atoms with Crippen molar-refractivity contribution in [3.8, 4) is 56.5 Å². The van der Waals surface area contributed by atoms with E-state index in [1.54, 1.807) is 0 Å². The highest BCUT2D eigenvalue weighted by Crippen LogP contribution is 2.46. The lowest BCUT2D eigenvalue weighted by Crippen LogP contribution is -1.89. The van der Waals surface area contributed by atoms with E-state index in [0.29, 0.717) is 56.8 Å². The van der Waals surface area contributed by atoms with E-state index in [-0.39, 0.29) is 0 Å². The lowest BCUT2D eigenvalue weighted by atomic mass is 9.94. The van der Waals surface area contributed by atoms with Gasteiger partial charge in [0.2, 0.25) is 0 Å². The Balaban J connectivity index is 1.25. The van der Waals surface area contributed by atoms with Gasteiger partial charge in [0, 0.05) is 55.4 Å². The maximum atomic E-state index is 15.6. The fourth-order valence-electron chi connectivity index (χ4n) is 9.78. The van der Waals surface area contributed by atoms with Crippen molar-refractivity contribution in [3.05, 3.63) is 175 Å². The van der Waals surface area contributed by atoms with Crippen LogP contribution in [-0.2, 0) is 0 Å². The fraction of sp³-hybridized carbons (Fsp3) is 0. The Morgan fingerprint density at radius 2 is 0.688 bits per heavy atom. The number of nitrogens with one attached hydrogen (secondary N) is 2. The van der Waals surface area contributed by atoms with E-state index in [1.807, 2.05) is 48.5 Å². The molecule has 0 atom stereocenters. The zero-order chi connectivity index (χ0) is 42.2. The molecule has 3 aromatic heterocycles. The van der Waals surface area contributed by atoms with Gasteiger partial charge in [0.15, 0.2) is 17.5 Å². The lowest BCUT2D eigenvalue weighted by molar-refractivity contribution is 0.584. The van der Waals surface area contributed by atoms with Crippen molar-refractivity contribution in [1.29, 1.82) is 0 Å². The van der Waals surface area contributed by atoms with Crippen molar-refractivity contribution in [3.63, 3.8) is 0 Å². The number of nitrogens with zero attached hydrogens (tertiary/aromatic N) is 5. The average molecular weight is 826 g/mol. The average Bonchev–Trinajstić information content (AvgIpc) is 4.03. The molecule has 0 saturated carbocycles. The normalized spacial score (nSPS) is 12.2. The van der Waals surface area contributed by atoms with Gasteiger partial charge in [0.25, 0.3) is 0 Å². The maximum Gasteiger partial charge on any atom is 0.164 e. The van der Waals surface area contributed by atoms with Gasteiger partial charge in [0.05, 0.1) is 11.2 Å². The molecule has 64 heavy (non-hydrogen) atoms. The Kier molecular flexibility index (Phi) is 7.06. The highest BCUT2D eigenvalue weighted by Gasteiger charge is 2.27. The fourth-order valence-corrected chi connectivity index (χ4v) is 9.78. The van der Waals surface area contributed by atoms with E-state index >= 15 is 8.78 Å². The van der Waals surface area contributed by atoms with E-state index in [9.17, 15) is 0 Å². The van der Waals surface area contributed by atoms with E-state index in [2.05, 4.69) is 107 Å². The lowest BCUT2D eigenvalue weighted by Gasteiger charge is -2.09. The molecule has 7 nitrogen and oxygen atoms in total. The molecule has 298 valence electrons. The summed E-state index contributed by atoms with van der Waals surface area (Å²) in [5.41, 5.74) is 6.82. The second-order valence-corrected chi connectivity index (χ2v) is 16.6. The molecule has 0 aliphatic carbocycles. The number of benzene rings is 9. The highest BCUT2D eigenvalue weighted by atomic mass is 19.1. The molecule has 0 unspecified atom stereocenters. The van der Waals surface area contributed by atoms with Crippen molar-refractivity contribution in [1.82, 2.24) is 34.9 Å². The molecule has 9 aromatic carbocycles. The summed E-state index contributed by atoms with van der Waals surface area (Å²) in [6.07, 6.45) is 0. The van der Waals surface area contributed by atoms with Gasteiger partial charge in [-0.1, -0.05) is 97.1 Å². The van der Waals surface area contributed by atoms with Crippen LogP contribution < -0.4 is 0 Å². The Bertz CT molecular complexity index is 4230. The van der Waals surface area contributed by atoms with E-state index in [4.69, 9.17) is 24.9 Å². The van der Waals surface area contributed by atoms with Gasteiger partial charge in [-0.25, -0.2) is 33.7 Å². The van der Waals surface area contributed by atoms with Crippen LogP contribution in [0.2, 0.25) is 0 Å². The number of hydrogen-bond donors (Lipinski definition) is 2. The standard InChI is InChI=1S/C55H29F2N7/c56-37-17-36(18-38(57)27-37)47-48-39-19-28-9-1-3-11-30(28)21-41(39)50(58-48)60-52-43-23-32-13-5-7-15-34(32)25-45(43)54(62-52)64-55-46-26-35-16-8-6-14-33(35)24-44(46)53(63-55)61-51-42-22-31-12-4-2-10-29(31)20-40(42)49(47)59-51/h1-27H,(H2,58,59,60,61,62,63,64). The summed E-state index contributed by atoms with van der Waals surface area (Å²) in [5, 5.41) is 11.5. The topological polar surface area (TPSA) is 96.0 Å². The summed E-state index contributed by atoms with van der Waals surface area (Å²) < 4.78 is 31.2. The summed E-state index contributed by atoms with van der Waals surface area (Å²) in [4.78, 5) is 34.0. The number of fused-ring (bicyclic) bond motifs is 24. The van der Waals surface area contributed by atoms with Crippen LogP contribution >= 0.6 is 0 Å². The largest absolute Gasteiger partial charge is 0.339 e. The zero-order valence-corrected chi connectivity index (χ0v) is 33.6. The van der Waals surface area contributed by atoms with Crippen LogP contribution in [0.4, 0.5) is 8.78 Å². The number of aromatic amines is 2. The zero-order valence-electron chi connectivity index (χ0n) is 33.6. The van der Waals surface area contributed by atoms with Crippen molar-refractivity contribution in [2.75, 3.05) is 0 Å². The molecule has 12 aromatic rings. The quantitative estimate of drug-likeness (QED) is 0.172. The van der Waals surface area contributed by atoms with Gasteiger partial charge < -0.3 is 9.97 Å². The smallest absolute Gasteiger partial charge is 0.164 e.